The lowest BCUT2D eigenvalue weighted by atomic mass is 10.1. The van der Waals surface area contributed by atoms with Gasteiger partial charge >= 0.3 is 5.97 Å². The van der Waals surface area contributed by atoms with Crippen LogP contribution in [-0.2, 0) is 9.59 Å². The average Bonchev–Trinajstić information content (AvgIpc) is 2.54. The first kappa shape index (κ1) is 19.6. The quantitative estimate of drug-likeness (QED) is 0.556. The van der Waals surface area contributed by atoms with E-state index in [2.05, 4.69) is 5.32 Å². The van der Waals surface area contributed by atoms with E-state index in [0.717, 1.165) is 28.6 Å². The Bertz CT molecular complexity index is 796. The van der Waals surface area contributed by atoms with Crippen molar-refractivity contribution in [3.8, 4) is 5.75 Å². The maximum atomic E-state index is 12.0. The summed E-state index contributed by atoms with van der Waals surface area (Å²) in [5.41, 5.74) is 2.89. The van der Waals surface area contributed by atoms with Gasteiger partial charge in [-0.15, -0.1) is 11.8 Å². The van der Waals surface area contributed by atoms with E-state index in [4.69, 9.17) is 27.9 Å². The van der Waals surface area contributed by atoms with Crippen LogP contribution < -0.4 is 10.1 Å². The molecular weight excluding hydrogens is 381 g/mol. The number of anilines is 1. The highest BCUT2D eigenvalue weighted by molar-refractivity contribution is 8.00. The van der Waals surface area contributed by atoms with Crippen LogP contribution in [0.5, 0.6) is 5.75 Å². The minimum Gasteiger partial charge on any atom is -0.424 e. The zero-order valence-electron chi connectivity index (χ0n) is 13.8. The molecule has 0 saturated heterocycles. The molecule has 0 bridgehead atoms. The van der Waals surface area contributed by atoms with E-state index in [1.165, 1.54) is 0 Å². The normalized spacial score (nSPS) is 10.4. The summed E-state index contributed by atoms with van der Waals surface area (Å²) in [5.74, 6) is -0.284. The zero-order chi connectivity index (χ0) is 18.4. The highest BCUT2D eigenvalue weighted by atomic mass is 35.5. The number of carbonyl (C=O) groups excluding carboxylic acids is 2. The van der Waals surface area contributed by atoms with Crippen LogP contribution in [0.15, 0.2) is 36.4 Å². The largest absolute Gasteiger partial charge is 0.424 e. The molecule has 0 atom stereocenters. The summed E-state index contributed by atoms with van der Waals surface area (Å²) in [4.78, 5) is 23.8. The molecule has 0 radical (unpaired) electrons. The molecule has 0 fully saturated rings. The molecule has 132 valence electrons. The fraction of sp³-hybridized carbons (Fsp3) is 0.222. The number of aryl methyl sites for hydroxylation is 2. The topological polar surface area (TPSA) is 55.4 Å². The minimum absolute atomic E-state index is 0.0309. The molecule has 7 heteroatoms. The van der Waals surface area contributed by atoms with Crippen molar-refractivity contribution in [3.63, 3.8) is 0 Å². The first-order valence-electron chi connectivity index (χ1n) is 7.46. The molecule has 25 heavy (non-hydrogen) atoms. The number of nitrogens with one attached hydrogen (secondary N) is 1. The molecular formula is C18H17Cl2NO3S. The Morgan fingerprint density at radius 1 is 1.12 bits per heavy atom. The summed E-state index contributed by atoms with van der Waals surface area (Å²) in [5, 5.41) is 3.33. The molecule has 2 aromatic rings. The summed E-state index contributed by atoms with van der Waals surface area (Å²) in [6.45, 7) is 3.92. The van der Waals surface area contributed by atoms with Gasteiger partial charge in [-0.2, -0.15) is 0 Å². The van der Waals surface area contributed by atoms with Crippen molar-refractivity contribution in [2.24, 2.45) is 0 Å². The van der Waals surface area contributed by atoms with Crippen LogP contribution in [-0.4, -0.2) is 23.4 Å². The van der Waals surface area contributed by atoms with Gasteiger partial charge in [0, 0.05) is 5.69 Å². The highest BCUT2D eigenvalue weighted by Gasteiger charge is 2.12. The standard InChI is InChI=1S/C18H17Cl2NO3S/c1-11-6-7-14(12(2)8-11)21-16(22)9-25-10-17(23)24-15-5-3-4-13(19)18(15)20/h3-8H,9-10H2,1-2H3,(H,21,22). The van der Waals surface area contributed by atoms with Gasteiger partial charge in [-0.3, -0.25) is 9.59 Å². The Morgan fingerprint density at radius 2 is 1.88 bits per heavy atom. The number of rotatable bonds is 6. The maximum Gasteiger partial charge on any atom is 0.321 e. The van der Waals surface area contributed by atoms with Gasteiger partial charge in [0.05, 0.1) is 16.5 Å². The first-order valence-corrected chi connectivity index (χ1v) is 9.37. The van der Waals surface area contributed by atoms with E-state index in [1.807, 2.05) is 32.0 Å². The fourth-order valence-corrected chi connectivity index (χ4v) is 3.00. The molecule has 1 N–H and O–H groups in total. The van der Waals surface area contributed by atoms with Crippen LogP contribution in [0.4, 0.5) is 5.69 Å². The van der Waals surface area contributed by atoms with Crippen molar-refractivity contribution in [1.82, 2.24) is 0 Å². The first-order chi connectivity index (χ1) is 11.9. The average molecular weight is 398 g/mol. The second-order valence-corrected chi connectivity index (χ2v) is 7.16. The third kappa shape index (κ3) is 5.96. The van der Waals surface area contributed by atoms with E-state index in [1.54, 1.807) is 18.2 Å². The Kier molecular flexibility index (Phi) is 7.17. The number of hydrogen-bond donors (Lipinski definition) is 1. The number of amides is 1. The van der Waals surface area contributed by atoms with E-state index >= 15 is 0 Å². The Labute approximate surface area is 160 Å². The summed E-state index contributed by atoms with van der Waals surface area (Å²) < 4.78 is 5.15. The van der Waals surface area contributed by atoms with Crippen LogP contribution in [0.3, 0.4) is 0 Å². The van der Waals surface area contributed by atoms with Crippen LogP contribution in [0.2, 0.25) is 10.0 Å². The lowest BCUT2D eigenvalue weighted by molar-refractivity contribution is -0.131. The minimum atomic E-state index is -0.492. The summed E-state index contributed by atoms with van der Waals surface area (Å²) in [7, 11) is 0. The SMILES string of the molecule is Cc1ccc(NC(=O)CSCC(=O)Oc2cccc(Cl)c2Cl)c(C)c1. The Balaban J connectivity index is 1.78. The Morgan fingerprint density at radius 3 is 2.60 bits per heavy atom. The van der Waals surface area contributed by atoms with E-state index in [0.29, 0.717) is 5.02 Å². The molecule has 0 heterocycles. The molecule has 0 aliphatic heterocycles. The number of hydrogen-bond acceptors (Lipinski definition) is 4. The van der Waals surface area contributed by atoms with Crippen LogP contribution in [0, 0.1) is 13.8 Å². The third-order valence-electron chi connectivity index (χ3n) is 3.25. The smallest absolute Gasteiger partial charge is 0.321 e. The molecule has 0 saturated carbocycles. The fourth-order valence-electron chi connectivity index (χ4n) is 2.08. The zero-order valence-corrected chi connectivity index (χ0v) is 16.1. The number of ether oxygens (including phenoxy) is 1. The number of halogens is 2. The van der Waals surface area contributed by atoms with E-state index in [9.17, 15) is 9.59 Å². The van der Waals surface area contributed by atoms with Crippen molar-refractivity contribution in [1.29, 1.82) is 0 Å². The molecule has 2 rings (SSSR count). The number of carbonyl (C=O) groups is 2. The monoisotopic (exact) mass is 397 g/mol. The highest BCUT2D eigenvalue weighted by Crippen LogP contribution is 2.31. The van der Waals surface area contributed by atoms with E-state index < -0.39 is 5.97 Å². The molecule has 0 aliphatic rings. The van der Waals surface area contributed by atoms with Gasteiger partial charge in [0.1, 0.15) is 5.02 Å². The van der Waals surface area contributed by atoms with Gasteiger partial charge in [-0.1, -0.05) is 47.0 Å². The van der Waals surface area contributed by atoms with Gasteiger partial charge in [0.15, 0.2) is 5.75 Å². The summed E-state index contributed by atoms with van der Waals surface area (Å²) in [6, 6.07) is 10.6. The summed E-state index contributed by atoms with van der Waals surface area (Å²) in [6.07, 6.45) is 0. The Hall–Kier alpha value is -1.69. The van der Waals surface area contributed by atoms with Crippen LogP contribution >= 0.6 is 35.0 Å². The lowest BCUT2D eigenvalue weighted by Gasteiger charge is -2.09. The third-order valence-corrected chi connectivity index (χ3v) is 4.96. The predicted octanol–water partition coefficient (Wildman–Crippen LogP) is 4.89. The molecule has 1 amide bonds. The van der Waals surface area contributed by atoms with Crippen molar-refractivity contribution in [2.75, 3.05) is 16.8 Å². The maximum absolute atomic E-state index is 12.0. The van der Waals surface area contributed by atoms with Crippen molar-refractivity contribution in [3.05, 3.63) is 57.6 Å². The lowest BCUT2D eigenvalue weighted by Crippen LogP contribution is -2.17. The molecule has 0 aromatic heterocycles. The number of thioether (sulfide) groups is 1. The van der Waals surface area contributed by atoms with Crippen molar-refractivity contribution < 1.29 is 14.3 Å². The number of benzene rings is 2. The van der Waals surface area contributed by atoms with Gasteiger partial charge in [0.2, 0.25) is 5.91 Å². The van der Waals surface area contributed by atoms with Gasteiger partial charge in [-0.25, -0.2) is 0 Å². The molecule has 0 unspecified atom stereocenters. The molecule has 0 spiro atoms. The molecule has 2 aromatic carbocycles. The molecule has 0 aliphatic carbocycles. The predicted molar refractivity (Wildman–Crippen MR) is 104 cm³/mol. The second kappa shape index (κ2) is 9.13. The van der Waals surface area contributed by atoms with E-state index in [-0.39, 0.29) is 28.2 Å². The second-order valence-electron chi connectivity index (χ2n) is 5.39. The van der Waals surface area contributed by atoms with Gasteiger partial charge in [-0.05, 0) is 37.6 Å². The molecule has 4 nitrogen and oxygen atoms in total. The van der Waals surface area contributed by atoms with Gasteiger partial charge < -0.3 is 10.1 Å². The number of esters is 1. The van der Waals surface area contributed by atoms with Crippen LogP contribution in [0.25, 0.3) is 0 Å². The van der Waals surface area contributed by atoms with Crippen molar-refractivity contribution in [2.45, 2.75) is 13.8 Å². The van der Waals surface area contributed by atoms with Gasteiger partial charge in [0.25, 0.3) is 0 Å². The summed E-state index contributed by atoms with van der Waals surface area (Å²) >= 11 is 13.0. The van der Waals surface area contributed by atoms with Crippen LogP contribution in [0.1, 0.15) is 11.1 Å². The van der Waals surface area contributed by atoms with Crippen molar-refractivity contribution >= 4 is 52.5 Å².